The molecule has 3 aromatic rings. The van der Waals surface area contributed by atoms with E-state index in [1.54, 1.807) is 12.1 Å². The Morgan fingerprint density at radius 1 is 0.913 bits per heavy atom. The number of carbonyl (C=O) groups is 1. The van der Waals surface area contributed by atoms with Gasteiger partial charge in [-0.1, -0.05) is 36.4 Å². The molecule has 1 atom stereocenters. The van der Waals surface area contributed by atoms with Gasteiger partial charge in [-0.05, 0) is 23.3 Å². The number of phenolic OH excluding ortho intramolecular Hbond substituents is 2. The topological polar surface area (TPSA) is 87.0 Å². The zero-order valence-electron chi connectivity index (χ0n) is 11.9. The van der Waals surface area contributed by atoms with E-state index in [1.807, 2.05) is 30.3 Å². The molecule has 0 fully saturated rings. The van der Waals surface area contributed by atoms with E-state index in [9.17, 15) is 20.1 Å². The highest BCUT2D eigenvalue weighted by Crippen LogP contribution is 2.46. The molecule has 3 aromatic carbocycles. The number of carbonyl (C=O) groups excluding carboxylic acids is 1. The van der Waals surface area contributed by atoms with Gasteiger partial charge in [-0.25, -0.2) is 4.79 Å². The van der Waals surface area contributed by atoms with Crippen LogP contribution < -0.4 is 0 Å². The Hall–Kier alpha value is -3.05. The van der Waals surface area contributed by atoms with Gasteiger partial charge in [-0.15, -0.1) is 0 Å². The summed E-state index contributed by atoms with van der Waals surface area (Å²) < 4.78 is 4.87. The summed E-state index contributed by atoms with van der Waals surface area (Å²) in [5.74, 6) is -1.37. The summed E-state index contributed by atoms with van der Waals surface area (Å²) >= 11 is 0. The molecular weight excluding hydrogens is 296 g/mol. The van der Waals surface area contributed by atoms with Crippen molar-refractivity contribution in [3.63, 3.8) is 0 Å². The fraction of sp³-hybridized carbons (Fsp3) is 0.0556. The molecule has 0 aliphatic carbocycles. The van der Waals surface area contributed by atoms with Gasteiger partial charge in [0.2, 0.25) is 6.29 Å². The summed E-state index contributed by atoms with van der Waals surface area (Å²) in [4.78, 5) is 12.0. The number of aliphatic hydroxyl groups excluding tert-OH is 1. The number of hydrogen-bond donors (Lipinski definition) is 3. The first-order valence-corrected chi connectivity index (χ1v) is 7.04. The van der Waals surface area contributed by atoms with Crippen molar-refractivity contribution in [3.05, 3.63) is 59.7 Å². The largest absolute Gasteiger partial charge is 0.504 e. The van der Waals surface area contributed by atoms with Crippen molar-refractivity contribution in [1.29, 1.82) is 0 Å². The van der Waals surface area contributed by atoms with Crippen LogP contribution in [0.25, 0.3) is 21.9 Å². The van der Waals surface area contributed by atoms with E-state index in [0.29, 0.717) is 16.3 Å². The number of aliphatic hydroxyl groups is 1. The quantitative estimate of drug-likeness (QED) is 0.475. The minimum Gasteiger partial charge on any atom is -0.504 e. The van der Waals surface area contributed by atoms with Gasteiger partial charge in [0.05, 0.1) is 5.56 Å². The van der Waals surface area contributed by atoms with Crippen molar-refractivity contribution in [1.82, 2.24) is 0 Å². The molecule has 1 aliphatic heterocycles. The molecule has 0 unspecified atom stereocenters. The zero-order chi connectivity index (χ0) is 16.1. The van der Waals surface area contributed by atoms with Crippen LogP contribution in [0.4, 0.5) is 0 Å². The second-order valence-electron chi connectivity index (χ2n) is 5.37. The molecule has 0 amide bonds. The van der Waals surface area contributed by atoms with E-state index in [0.717, 1.165) is 5.56 Å². The fourth-order valence-corrected chi connectivity index (χ4v) is 3.02. The monoisotopic (exact) mass is 308 g/mol. The second kappa shape index (κ2) is 4.72. The average molecular weight is 308 g/mol. The number of aromatic hydroxyl groups is 2. The van der Waals surface area contributed by atoms with Crippen molar-refractivity contribution in [2.45, 2.75) is 6.29 Å². The number of rotatable bonds is 1. The fourth-order valence-electron chi connectivity index (χ4n) is 3.02. The molecule has 23 heavy (non-hydrogen) atoms. The van der Waals surface area contributed by atoms with Crippen LogP contribution in [-0.4, -0.2) is 21.3 Å². The van der Waals surface area contributed by atoms with Crippen LogP contribution in [0.2, 0.25) is 0 Å². The van der Waals surface area contributed by atoms with E-state index < -0.39 is 12.3 Å². The number of hydrogen-bond acceptors (Lipinski definition) is 5. The lowest BCUT2D eigenvalue weighted by Gasteiger charge is -2.24. The molecule has 5 heteroatoms. The van der Waals surface area contributed by atoms with Gasteiger partial charge in [0.15, 0.2) is 11.5 Å². The predicted molar refractivity (Wildman–Crippen MR) is 83.1 cm³/mol. The molecule has 0 aromatic heterocycles. The van der Waals surface area contributed by atoms with Crippen LogP contribution in [0.15, 0.2) is 48.5 Å². The van der Waals surface area contributed by atoms with E-state index >= 15 is 0 Å². The van der Waals surface area contributed by atoms with Crippen LogP contribution in [0.3, 0.4) is 0 Å². The Morgan fingerprint density at radius 3 is 2.35 bits per heavy atom. The van der Waals surface area contributed by atoms with Crippen LogP contribution in [0, 0.1) is 0 Å². The number of cyclic esters (lactones) is 1. The van der Waals surface area contributed by atoms with Gasteiger partial charge < -0.3 is 20.1 Å². The third-order valence-corrected chi connectivity index (χ3v) is 4.06. The number of benzene rings is 3. The Balaban J connectivity index is 2.19. The summed E-state index contributed by atoms with van der Waals surface area (Å²) in [5, 5.41) is 31.1. The molecule has 3 N–H and O–H groups in total. The third-order valence-electron chi connectivity index (χ3n) is 4.06. The average Bonchev–Trinajstić information content (AvgIpc) is 2.56. The van der Waals surface area contributed by atoms with E-state index in [4.69, 9.17) is 4.74 Å². The molecule has 0 spiro atoms. The predicted octanol–water partition coefficient (Wildman–Crippen LogP) is 3.08. The standard InChI is InChI=1S/C18H12O5/c19-13-8-12-14-11(17(21)23-18(12)22)7-6-10(15(14)16(13)20)9-4-2-1-3-5-9/h1-8,18-20,22H/t18-/m0/s1. The molecule has 5 nitrogen and oxygen atoms in total. The minimum absolute atomic E-state index is 0.246. The van der Waals surface area contributed by atoms with Gasteiger partial charge >= 0.3 is 5.97 Å². The SMILES string of the molecule is O=C1O[C@H](O)c2cc(O)c(O)c3c(-c4ccccc4)ccc1c23. The maximum Gasteiger partial charge on any atom is 0.341 e. The van der Waals surface area contributed by atoms with Gasteiger partial charge in [0, 0.05) is 16.3 Å². The Kier molecular flexibility index (Phi) is 2.79. The third kappa shape index (κ3) is 1.87. The maximum atomic E-state index is 12.0. The zero-order valence-corrected chi connectivity index (χ0v) is 11.9. The van der Waals surface area contributed by atoms with Crippen molar-refractivity contribution < 1.29 is 24.9 Å². The van der Waals surface area contributed by atoms with Crippen LogP contribution in [0.1, 0.15) is 22.2 Å². The van der Waals surface area contributed by atoms with Gasteiger partial charge in [0.1, 0.15) is 0 Å². The molecular formula is C18H12O5. The Labute approximate surface area is 131 Å². The first kappa shape index (κ1) is 13.6. The maximum absolute atomic E-state index is 12.0. The molecule has 0 saturated heterocycles. The van der Waals surface area contributed by atoms with E-state index in [1.165, 1.54) is 6.07 Å². The molecule has 0 saturated carbocycles. The lowest BCUT2D eigenvalue weighted by Crippen LogP contribution is -2.18. The Morgan fingerprint density at radius 2 is 1.61 bits per heavy atom. The number of phenols is 2. The molecule has 1 heterocycles. The minimum atomic E-state index is -1.48. The van der Waals surface area contributed by atoms with Crippen LogP contribution in [-0.2, 0) is 4.74 Å². The lowest BCUT2D eigenvalue weighted by atomic mass is 9.90. The van der Waals surface area contributed by atoms with Crippen molar-refractivity contribution in [2.75, 3.05) is 0 Å². The molecule has 114 valence electrons. The summed E-state index contributed by atoms with van der Waals surface area (Å²) in [6.45, 7) is 0. The summed E-state index contributed by atoms with van der Waals surface area (Å²) in [6, 6.07) is 13.8. The van der Waals surface area contributed by atoms with Crippen molar-refractivity contribution in [3.8, 4) is 22.6 Å². The second-order valence-corrected chi connectivity index (χ2v) is 5.37. The van der Waals surface area contributed by atoms with E-state index in [2.05, 4.69) is 0 Å². The van der Waals surface area contributed by atoms with Gasteiger partial charge in [-0.2, -0.15) is 0 Å². The normalized spacial score (nSPS) is 16.4. The summed E-state index contributed by atoms with van der Waals surface area (Å²) in [5.41, 5.74) is 1.97. The highest BCUT2D eigenvalue weighted by Gasteiger charge is 2.30. The summed E-state index contributed by atoms with van der Waals surface area (Å²) in [7, 11) is 0. The molecule has 1 aliphatic rings. The Bertz CT molecular complexity index is 947. The smallest absolute Gasteiger partial charge is 0.341 e. The van der Waals surface area contributed by atoms with Crippen LogP contribution >= 0.6 is 0 Å². The highest BCUT2D eigenvalue weighted by atomic mass is 16.6. The highest BCUT2D eigenvalue weighted by molar-refractivity contribution is 6.14. The van der Waals surface area contributed by atoms with Gasteiger partial charge in [-0.3, -0.25) is 0 Å². The summed E-state index contributed by atoms with van der Waals surface area (Å²) in [6.07, 6.45) is -1.48. The molecule has 4 rings (SSSR count). The lowest BCUT2D eigenvalue weighted by molar-refractivity contribution is -0.0687. The van der Waals surface area contributed by atoms with Crippen LogP contribution in [0.5, 0.6) is 11.5 Å². The first-order chi connectivity index (χ1) is 11.1. The number of esters is 1. The van der Waals surface area contributed by atoms with Gasteiger partial charge in [0.25, 0.3) is 0 Å². The molecule has 0 bridgehead atoms. The van der Waals surface area contributed by atoms with Crippen molar-refractivity contribution >= 4 is 16.7 Å². The number of ether oxygens (including phenoxy) is 1. The van der Waals surface area contributed by atoms with E-state index in [-0.39, 0.29) is 22.6 Å². The van der Waals surface area contributed by atoms with Crippen molar-refractivity contribution in [2.24, 2.45) is 0 Å². The molecule has 0 radical (unpaired) electrons. The first-order valence-electron chi connectivity index (χ1n) is 7.04.